The molecule has 2 rings (SSSR count). The van der Waals surface area contributed by atoms with Gasteiger partial charge in [-0.2, -0.15) is 0 Å². The number of aliphatic hydroxyl groups is 4. The Labute approximate surface area is 107 Å². The maximum Gasteiger partial charge on any atom is 0.171 e. The SMILES string of the molecule is OC1C(O)[C@@H](O)CC(CC2CCCOP2O)[C@H]1O. The average molecular weight is 280 g/mol. The van der Waals surface area contributed by atoms with E-state index in [1.165, 1.54) is 0 Å². The Hall–Kier alpha value is 0.190. The van der Waals surface area contributed by atoms with Crippen molar-refractivity contribution < 1.29 is 29.8 Å². The first kappa shape index (κ1) is 14.6. The first-order chi connectivity index (χ1) is 8.50. The molecule has 0 radical (unpaired) electrons. The summed E-state index contributed by atoms with van der Waals surface area (Å²) in [6.45, 7) is 0.565. The molecule has 2 aliphatic rings. The summed E-state index contributed by atoms with van der Waals surface area (Å²) in [5, 5.41) is 38.6. The van der Waals surface area contributed by atoms with Gasteiger partial charge in [0.25, 0.3) is 0 Å². The van der Waals surface area contributed by atoms with E-state index in [-0.39, 0.29) is 18.0 Å². The van der Waals surface area contributed by atoms with Crippen LogP contribution >= 0.6 is 8.38 Å². The molecule has 0 aromatic carbocycles. The van der Waals surface area contributed by atoms with Gasteiger partial charge in [-0.3, -0.25) is 0 Å². The van der Waals surface area contributed by atoms with Crippen LogP contribution in [0, 0.1) is 5.92 Å². The molecule has 1 heterocycles. The van der Waals surface area contributed by atoms with Crippen LogP contribution in [0.1, 0.15) is 25.7 Å². The van der Waals surface area contributed by atoms with Gasteiger partial charge in [0.1, 0.15) is 12.2 Å². The smallest absolute Gasteiger partial charge is 0.171 e. The minimum absolute atomic E-state index is 0.0250. The molecule has 5 unspecified atom stereocenters. The van der Waals surface area contributed by atoms with E-state index >= 15 is 0 Å². The van der Waals surface area contributed by atoms with Gasteiger partial charge in [-0.05, 0) is 31.6 Å². The highest BCUT2D eigenvalue weighted by molar-refractivity contribution is 7.47. The molecule has 5 N–H and O–H groups in total. The molecule has 0 aromatic heterocycles. The zero-order valence-electron chi connectivity index (χ0n) is 10.1. The second kappa shape index (κ2) is 6.09. The van der Waals surface area contributed by atoms with Crippen LogP contribution in [0.15, 0.2) is 0 Å². The maximum atomic E-state index is 9.91. The molecule has 1 saturated heterocycles. The van der Waals surface area contributed by atoms with Crippen LogP contribution in [0.3, 0.4) is 0 Å². The Morgan fingerprint density at radius 3 is 2.44 bits per heavy atom. The lowest BCUT2D eigenvalue weighted by Crippen LogP contribution is -2.54. The summed E-state index contributed by atoms with van der Waals surface area (Å²) in [5.41, 5.74) is -0.0250. The van der Waals surface area contributed by atoms with Crippen molar-refractivity contribution in [3.63, 3.8) is 0 Å². The average Bonchev–Trinajstić information content (AvgIpc) is 2.36. The first-order valence-electron chi connectivity index (χ1n) is 6.34. The van der Waals surface area contributed by atoms with Gasteiger partial charge in [0, 0.05) is 5.66 Å². The van der Waals surface area contributed by atoms with Crippen molar-refractivity contribution >= 4 is 8.38 Å². The van der Waals surface area contributed by atoms with Gasteiger partial charge in [-0.1, -0.05) is 0 Å². The summed E-state index contributed by atoms with van der Waals surface area (Å²) < 4.78 is 5.21. The lowest BCUT2D eigenvalue weighted by Gasteiger charge is -2.40. The van der Waals surface area contributed by atoms with E-state index in [0.717, 1.165) is 12.8 Å². The van der Waals surface area contributed by atoms with E-state index in [1.54, 1.807) is 0 Å². The van der Waals surface area contributed by atoms with Crippen molar-refractivity contribution in [2.45, 2.75) is 55.8 Å². The fourth-order valence-corrected chi connectivity index (χ4v) is 4.17. The Bertz CT molecular complexity index is 278. The fourth-order valence-electron chi connectivity index (χ4n) is 2.78. The third-order valence-corrected chi connectivity index (χ3v) is 5.45. The van der Waals surface area contributed by atoms with E-state index in [9.17, 15) is 25.3 Å². The van der Waals surface area contributed by atoms with Crippen LogP contribution in [-0.2, 0) is 4.52 Å². The van der Waals surface area contributed by atoms with E-state index in [2.05, 4.69) is 0 Å². The Morgan fingerprint density at radius 2 is 1.78 bits per heavy atom. The minimum atomic E-state index is -1.48. The molecule has 1 aliphatic carbocycles. The molecule has 1 saturated carbocycles. The standard InChI is InChI=1S/C11H21O6P/c12-8-5-6(9(13)11(15)10(8)14)4-7-2-1-3-17-18(7)16/h6-16H,1-5H2/t6?,7?,8-,9+,10?,11?,18?/m0/s1. The van der Waals surface area contributed by atoms with Gasteiger partial charge in [-0.15, -0.1) is 0 Å². The van der Waals surface area contributed by atoms with E-state index in [4.69, 9.17) is 4.52 Å². The van der Waals surface area contributed by atoms with Crippen LogP contribution < -0.4 is 0 Å². The Balaban J connectivity index is 1.95. The fraction of sp³-hybridized carbons (Fsp3) is 1.00. The van der Waals surface area contributed by atoms with Crippen molar-refractivity contribution in [2.75, 3.05) is 6.61 Å². The molecule has 0 spiro atoms. The van der Waals surface area contributed by atoms with E-state index in [0.29, 0.717) is 13.0 Å². The molecular formula is C11H21O6P. The topological polar surface area (TPSA) is 110 Å². The van der Waals surface area contributed by atoms with Gasteiger partial charge in [0.05, 0.1) is 18.8 Å². The second-order valence-corrected chi connectivity index (χ2v) is 6.80. The molecule has 0 bridgehead atoms. The zero-order valence-corrected chi connectivity index (χ0v) is 11.0. The van der Waals surface area contributed by atoms with Crippen molar-refractivity contribution in [3.8, 4) is 0 Å². The van der Waals surface area contributed by atoms with Crippen LogP contribution in [0.2, 0.25) is 0 Å². The quantitative estimate of drug-likeness (QED) is 0.429. The lowest BCUT2D eigenvalue weighted by atomic mass is 9.78. The summed E-state index contributed by atoms with van der Waals surface area (Å²) in [7, 11) is -1.48. The monoisotopic (exact) mass is 280 g/mol. The van der Waals surface area contributed by atoms with Crippen molar-refractivity contribution in [2.24, 2.45) is 5.92 Å². The Kier molecular flexibility index (Phi) is 4.94. The van der Waals surface area contributed by atoms with E-state index < -0.39 is 32.8 Å². The zero-order chi connectivity index (χ0) is 13.3. The summed E-state index contributed by atoms with van der Waals surface area (Å²) in [6, 6.07) is 0. The third-order valence-electron chi connectivity index (χ3n) is 3.91. The highest BCUT2D eigenvalue weighted by Gasteiger charge is 2.43. The van der Waals surface area contributed by atoms with Gasteiger partial charge < -0.3 is 29.8 Å². The predicted molar refractivity (Wildman–Crippen MR) is 64.9 cm³/mol. The Morgan fingerprint density at radius 1 is 1.06 bits per heavy atom. The number of aliphatic hydroxyl groups excluding tert-OH is 4. The molecular weight excluding hydrogens is 259 g/mol. The molecule has 2 fully saturated rings. The largest absolute Gasteiger partial charge is 0.390 e. The maximum absolute atomic E-state index is 9.91. The molecule has 0 amide bonds. The van der Waals surface area contributed by atoms with Crippen molar-refractivity contribution in [3.05, 3.63) is 0 Å². The van der Waals surface area contributed by atoms with Gasteiger partial charge in [0.15, 0.2) is 8.38 Å². The summed E-state index contributed by atoms with van der Waals surface area (Å²) in [5.74, 6) is -0.317. The number of rotatable bonds is 2. The number of hydrogen-bond acceptors (Lipinski definition) is 6. The molecule has 0 aromatic rings. The van der Waals surface area contributed by atoms with Crippen LogP contribution in [0.5, 0.6) is 0 Å². The van der Waals surface area contributed by atoms with Crippen molar-refractivity contribution in [1.29, 1.82) is 0 Å². The van der Waals surface area contributed by atoms with Crippen LogP contribution in [-0.4, -0.2) is 62.0 Å². The summed E-state index contributed by atoms with van der Waals surface area (Å²) in [4.78, 5) is 9.76. The van der Waals surface area contributed by atoms with Crippen LogP contribution in [0.4, 0.5) is 0 Å². The molecule has 6 nitrogen and oxygen atoms in total. The molecule has 106 valence electrons. The third kappa shape index (κ3) is 3.02. The number of hydrogen-bond donors (Lipinski definition) is 5. The van der Waals surface area contributed by atoms with E-state index in [1.807, 2.05) is 0 Å². The summed E-state index contributed by atoms with van der Waals surface area (Å²) >= 11 is 0. The lowest BCUT2D eigenvalue weighted by molar-refractivity contribution is -0.158. The second-order valence-electron chi connectivity index (χ2n) is 5.20. The molecule has 7 heteroatoms. The molecule has 1 aliphatic heterocycles. The first-order valence-corrected chi connectivity index (χ1v) is 7.62. The minimum Gasteiger partial charge on any atom is -0.390 e. The highest BCUT2D eigenvalue weighted by Crippen LogP contribution is 2.48. The molecule has 7 atom stereocenters. The summed E-state index contributed by atoms with van der Waals surface area (Å²) in [6.07, 6.45) is -2.26. The predicted octanol–water partition coefficient (Wildman–Crippen LogP) is -0.677. The van der Waals surface area contributed by atoms with Gasteiger partial charge in [0.2, 0.25) is 0 Å². The van der Waals surface area contributed by atoms with Gasteiger partial charge >= 0.3 is 0 Å². The normalized spacial score (nSPS) is 50.2. The van der Waals surface area contributed by atoms with Crippen molar-refractivity contribution in [1.82, 2.24) is 0 Å². The van der Waals surface area contributed by atoms with Gasteiger partial charge in [-0.25, -0.2) is 0 Å². The van der Waals surface area contributed by atoms with Crippen LogP contribution in [0.25, 0.3) is 0 Å². The molecule has 18 heavy (non-hydrogen) atoms. The highest BCUT2D eigenvalue weighted by atomic mass is 31.2.